The van der Waals surface area contributed by atoms with Crippen molar-refractivity contribution in [2.75, 3.05) is 26.2 Å². The number of hydrogen-bond donors (Lipinski definition) is 1. The minimum absolute atomic E-state index is 0.0887. The number of amides is 1. The fourth-order valence-corrected chi connectivity index (χ4v) is 5.06. The molecule has 0 bridgehead atoms. The van der Waals surface area contributed by atoms with Crippen molar-refractivity contribution in [1.29, 1.82) is 0 Å². The van der Waals surface area contributed by atoms with Gasteiger partial charge in [0.1, 0.15) is 6.04 Å². The van der Waals surface area contributed by atoms with Gasteiger partial charge in [-0.2, -0.15) is 5.10 Å². The molecule has 1 saturated heterocycles. The summed E-state index contributed by atoms with van der Waals surface area (Å²) in [5, 5.41) is 11.3. The number of thiazole rings is 1. The smallest absolute Gasteiger partial charge is 0.245 e. The highest BCUT2D eigenvalue weighted by atomic mass is 32.1. The molecule has 1 unspecified atom stereocenters. The number of H-pyrrole nitrogens is 1. The number of nitrogens with zero attached hydrogens (tertiary/aromatic N) is 5. The van der Waals surface area contributed by atoms with E-state index in [-0.39, 0.29) is 5.91 Å². The maximum absolute atomic E-state index is 13.2. The van der Waals surface area contributed by atoms with E-state index in [1.165, 1.54) is 0 Å². The summed E-state index contributed by atoms with van der Waals surface area (Å²) in [7, 11) is 0. The molecule has 7 nitrogen and oxygen atoms in total. The molecule has 1 aliphatic heterocycles. The molecule has 10 heteroatoms. The van der Waals surface area contributed by atoms with Crippen LogP contribution in [0.2, 0.25) is 0 Å². The van der Waals surface area contributed by atoms with E-state index in [0.29, 0.717) is 11.3 Å². The third-order valence-electron chi connectivity index (χ3n) is 4.96. The van der Waals surface area contributed by atoms with Gasteiger partial charge >= 0.3 is 0 Å². The molecule has 148 valence electrons. The zero-order valence-corrected chi connectivity index (χ0v) is 18.0. The number of carbonyl (C=O) groups is 1. The van der Waals surface area contributed by atoms with Gasteiger partial charge in [-0.15, -0.1) is 22.7 Å². The maximum atomic E-state index is 13.2. The predicted octanol–water partition coefficient (Wildman–Crippen LogP) is 3.42. The maximum Gasteiger partial charge on any atom is 0.245 e. The van der Waals surface area contributed by atoms with Gasteiger partial charge in [0.05, 0.1) is 16.1 Å². The van der Waals surface area contributed by atoms with Crippen LogP contribution in [0.5, 0.6) is 0 Å². The van der Waals surface area contributed by atoms with Crippen LogP contribution in [0.1, 0.15) is 25.1 Å². The topological polar surface area (TPSA) is 70.1 Å². The second-order valence-corrected chi connectivity index (χ2v) is 8.86. The van der Waals surface area contributed by atoms with Gasteiger partial charge in [-0.05, 0) is 37.0 Å². The monoisotopic (exact) mass is 434 g/mol. The molecule has 1 N–H and O–H groups in total. The van der Waals surface area contributed by atoms with Crippen molar-refractivity contribution in [2.45, 2.75) is 25.9 Å². The van der Waals surface area contributed by atoms with Gasteiger partial charge in [0.2, 0.25) is 5.91 Å². The van der Waals surface area contributed by atoms with Crippen molar-refractivity contribution < 1.29 is 4.79 Å². The molecule has 0 spiro atoms. The first-order valence-corrected chi connectivity index (χ1v) is 11.5. The second-order valence-electron chi connectivity index (χ2n) is 6.81. The minimum atomic E-state index is -0.395. The summed E-state index contributed by atoms with van der Waals surface area (Å²) in [4.78, 5) is 22.9. The lowest BCUT2D eigenvalue weighted by molar-refractivity contribution is -0.134. The van der Waals surface area contributed by atoms with E-state index in [1.54, 1.807) is 22.7 Å². The van der Waals surface area contributed by atoms with Crippen molar-refractivity contribution in [3.63, 3.8) is 0 Å². The average Bonchev–Trinajstić information content (AvgIpc) is 3.42. The molecule has 28 heavy (non-hydrogen) atoms. The summed E-state index contributed by atoms with van der Waals surface area (Å²) in [6.07, 6.45) is 0.956. The number of hydrogen-bond acceptors (Lipinski definition) is 7. The summed E-state index contributed by atoms with van der Waals surface area (Å²) in [6.45, 7) is 6.05. The van der Waals surface area contributed by atoms with Crippen LogP contribution in [-0.2, 0) is 11.3 Å². The Balaban J connectivity index is 1.46. The number of aromatic amines is 1. The summed E-state index contributed by atoms with van der Waals surface area (Å²) in [5.41, 5.74) is 2.97. The Labute approximate surface area is 176 Å². The Morgan fingerprint density at radius 1 is 1.36 bits per heavy atom. The fourth-order valence-electron chi connectivity index (χ4n) is 3.51. The van der Waals surface area contributed by atoms with Crippen molar-refractivity contribution in [1.82, 2.24) is 29.5 Å². The first-order chi connectivity index (χ1) is 13.6. The molecule has 3 aromatic rings. The van der Waals surface area contributed by atoms with E-state index in [0.717, 1.165) is 49.0 Å². The molecule has 0 saturated carbocycles. The molecule has 4 rings (SSSR count). The van der Waals surface area contributed by atoms with Gasteiger partial charge in [0.15, 0.2) is 10.6 Å². The van der Waals surface area contributed by atoms with Gasteiger partial charge in [0, 0.05) is 38.1 Å². The van der Waals surface area contributed by atoms with Gasteiger partial charge in [-0.1, -0.05) is 6.07 Å². The van der Waals surface area contributed by atoms with Gasteiger partial charge in [0.25, 0.3) is 0 Å². The molecule has 1 aliphatic rings. The van der Waals surface area contributed by atoms with Crippen LogP contribution in [0.3, 0.4) is 0 Å². The highest BCUT2D eigenvalue weighted by Gasteiger charge is 2.27. The van der Waals surface area contributed by atoms with Crippen LogP contribution in [-0.4, -0.2) is 61.6 Å². The summed E-state index contributed by atoms with van der Waals surface area (Å²) < 4.78 is 2.31. The molecule has 0 aromatic carbocycles. The fraction of sp³-hybridized carbons (Fsp3) is 0.444. The lowest BCUT2D eigenvalue weighted by Crippen LogP contribution is -2.39. The Hall–Kier alpha value is -1.88. The number of carbonyl (C=O) groups excluding carboxylic acids is 1. The first-order valence-electron chi connectivity index (χ1n) is 9.22. The molecule has 1 amide bonds. The number of nitrogens with one attached hydrogen (secondary N) is 1. The van der Waals surface area contributed by atoms with Crippen LogP contribution in [0.4, 0.5) is 0 Å². The van der Waals surface area contributed by atoms with Gasteiger partial charge in [-0.25, -0.2) is 4.98 Å². The van der Waals surface area contributed by atoms with E-state index in [1.807, 2.05) is 39.4 Å². The van der Waals surface area contributed by atoms with Gasteiger partial charge < -0.3 is 4.90 Å². The third-order valence-corrected chi connectivity index (χ3v) is 6.75. The molecule has 0 aliphatic carbocycles. The van der Waals surface area contributed by atoms with Crippen molar-refractivity contribution in [3.05, 3.63) is 38.9 Å². The lowest BCUT2D eigenvalue weighted by Gasteiger charge is -2.25. The Morgan fingerprint density at radius 3 is 3.00 bits per heavy atom. The first kappa shape index (κ1) is 19.4. The lowest BCUT2D eigenvalue weighted by atomic mass is 10.2. The molecular weight excluding hydrogens is 412 g/mol. The van der Waals surface area contributed by atoms with Crippen LogP contribution >= 0.6 is 34.9 Å². The number of aromatic nitrogens is 4. The van der Waals surface area contributed by atoms with E-state index in [4.69, 9.17) is 12.2 Å². The van der Waals surface area contributed by atoms with Crippen LogP contribution in [0.25, 0.3) is 10.7 Å². The summed E-state index contributed by atoms with van der Waals surface area (Å²) in [6, 6.07) is 3.57. The molecule has 1 fully saturated rings. The van der Waals surface area contributed by atoms with Crippen molar-refractivity contribution in [3.8, 4) is 10.7 Å². The highest BCUT2D eigenvalue weighted by Crippen LogP contribution is 2.26. The van der Waals surface area contributed by atoms with E-state index in [9.17, 15) is 4.79 Å². The second kappa shape index (κ2) is 8.64. The Bertz CT molecular complexity index is 962. The summed E-state index contributed by atoms with van der Waals surface area (Å²) in [5.74, 6) is 0.812. The third kappa shape index (κ3) is 4.09. The van der Waals surface area contributed by atoms with Crippen molar-refractivity contribution in [2.24, 2.45) is 0 Å². The number of thiophene rings is 1. The van der Waals surface area contributed by atoms with Crippen LogP contribution in [0.15, 0.2) is 28.4 Å². The molecule has 0 radical (unpaired) electrons. The highest BCUT2D eigenvalue weighted by molar-refractivity contribution is 7.71. The average molecular weight is 435 g/mol. The van der Waals surface area contributed by atoms with Crippen LogP contribution < -0.4 is 0 Å². The minimum Gasteiger partial charge on any atom is -0.340 e. The zero-order chi connectivity index (χ0) is 19.5. The van der Waals surface area contributed by atoms with Gasteiger partial charge in [-0.3, -0.25) is 19.4 Å². The number of rotatable bonds is 5. The Kier molecular flexibility index (Phi) is 6.00. The predicted molar refractivity (Wildman–Crippen MR) is 114 cm³/mol. The summed E-state index contributed by atoms with van der Waals surface area (Å²) >= 11 is 8.63. The van der Waals surface area contributed by atoms with E-state index >= 15 is 0 Å². The van der Waals surface area contributed by atoms with E-state index < -0.39 is 6.04 Å². The molecule has 4 heterocycles. The quantitative estimate of drug-likeness (QED) is 0.623. The standard InChI is InChI=1S/C18H22N6OS3/c1-13(24-16(20-21-18(24)26)15-4-2-9-28-15)17(25)23-6-3-5-22(7-8-23)10-14-11-27-12-19-14/h2,4,9,11-13H,3,5-8,10H2,1H3,(H,21,26). The largest absolute Gasteiger partial charge is 0.340 e. The Morgan fingerprint density at radius 2 is 2.25 bits per heavy atom. The van der Waals surface area contributed by atoms with E-state index in [2.05, 4.69) is 25.5 Å². The molecular formula is C18H22N6OS3. The zero-order valence-electron chi connectivity index (χ0n) is 15.6. The molecule has 3 aromatic heterocycles. The van der Waals surface area contributed by atoms with Crippen molar-refractivity contribution >= 4 is 40.8 Å². The SMILES string of the molecule is CC(C(=O)N1CCCN(Cc2cscn2)CC1)n1c(-c2cccs2)n[nH]c1=S. The normalized spacial score (nSPS) is 16.8. The van der Waals surface area contributed by atoms with Crippen LogP contribution in [0, 0.1) is 4.77 Å². The molecule has 1 atom stereocenters.